The molecule has 3 amide bonds. The summed E-state index contributed by atoms with van der Waals surface area (Å²) in [5.74, 6) is -0.916. The van der Waals surface area contributed by atoms with E-state index in [2.05, 4.69) is 15.6 Å². The predicted octanol–water partition coefficient (Wildman–Crippen LogP) is 1.38. The summed E-state index contributed by atoms with van der Waals surface area (Å²) in [6.45, 7) is 2.35. The number of hydrogen-bond acceptors (Lipinski definition) is 6. The average Bonchev–Trinajstić information content (AvgIpc) is 3.66. The number of methoxy groups -OCH3 is 1. The average molecular weight is 511 g/mol. The van der Waals surface area contributed by atoms with Gasteiger partial charge in [0.25, 0.3) is 5.91 Å². The Morgan fingerprint density at radius 1 is 1.24 bits per heavy atom. The maximum atomic E-state index is 13.7. The molecule has 2 saturated heterocycles. The summed E-state index contributed by atoms with van der Waals surface area (Å²) >= 11 is 0. The minimum absolute atomic E-state index is 0.0000503. The number of aliphatic hydroxyl groups excluding tert-OH is 1. The van der Waals surface area contributed by atoms with Crippen molar-refractivity contribution in [2.45, 2.75) is 57.2 Å². The molecule has 0 radical (unpaired) electrons. The van der Waals surface area contributed by atoms with Gasteiger partial charge in [0.2, 0.25) is 11.8 Å². The number of carbonyl (C=O) groups excluding carboxylic acids is 4. The molecule has 3 fully saturated rings. The third-order valence-corrected chi connectivity index (χ3v) is 8.25. The van der Waals surface area contributed by atoms with Gasteiger partial charge in [-0.2, -0.15) is 0 Å². The van der Waals surface area contributed by atoms with E-state index in [1.54, 1.807) is 18.1 Å². The van der Waals surface area contributed by atoms with Crippen molar-refractivity contribution < 1.29 is 29.0 Å². The SMILES string of the molecule is COc1cccc2[nH]c(C(=O)N3C[C@@H]4CCC[C@@H]4[C@H]3C(=O)NC(C[C@@H]3CCNC3=O)C(=O)C(C)O)cc12. The summed E-state index contributed by atoms with van der Waals surface area (Å²) < 4.78 is 5.42. The summed E-state index contributed by atoms with van der Waals surface area (Å²) in [4.78, 5) is 57.2. The number of aromatic amines is 1. The van der Waals surface area contributed by atoms with Crippen LogP contribution in [-0.2, 0) is 14.4 Å². The summed E-state index contributed by atoms with van der Waals surface area (Å²) in [5, 5.41) is 16.3. The van der Waals surface area contributed by atoms with Gasteiger partial charge in [-0.3, -0.25) is 19.2 Å². The number of Topliss-reactive ketones (excluding diaryl/α,β-unsaturated/α-hetero) is 1. The number of nitrogens with one attached hydrogen (secondary N) is 3. The molecule has 1 aliphatic carbocycles. The van der Waals surface area contributed by atoms with E-state index < -0.39 is 35.8 Å². The molecular formula is C27H34N4O6. The zero-order chi connectivity index (χ0) is 26.3. The molecule has 5 rings (SSSR count). The number of aliphatic hydroxyl groups is 1. The van der Waals surface area contributed by atoms with Crippen molar-refractivity contribution in [1.82, 2.24) is 20.5 Å². The van der Waals surface area contributed by atoms with E-state index in [4.69, 9.17) is 4.74 Å². The molecule has 6 atom stereocenters. The molecular weight excluding hydrogens is 476 g/mol. The molecule has 2 aliphatic heterocycles. The van der Waals surface area contributed by atoms with Crippen LogP contribution >= 0.6 is 0 Å². The Balaban J connectivity index is 1.40. The van der Waals surface area contributed by atoms with Crippen LogP contribution in [0.1, 0.15) is 49.5 Å². The molecule has 3 aliphatic rings. The lowest BCUT2D eigenvalue weighted by Crippen LogP contribution is -2.54. The van der Waals surface area contributed by atoms with Crippen molar-refractivity contribution in [3.63, 3.8) is 0 Å². The van der Waals surface area contributed by atoms with Gasteiger partial charge < -0.3 is 30.4 Å². The smallest absolute Gasteiger partial charge is 0.271 e. The fourth-order valence-electron chi connectivity index (χ4n) is 6.37. The van der Waals surface area contributed by atoms with Gasteiger partial charge in [0.05, 0.1) is 13.2 Å². The molecule has 37 heavy (non-hydrogen) atoms. The molecule has 198 valence electrons. The van der Waals surface area contributed by atoms with Crippen LogP contribution in [0.15, 0.2) is 24.3 Å². The lowest BCUT2D eigenvalue weighted by molar-refractivity contribution is -0.135. The number of hydrogen-bond donors (Lipinski definition) is 4. The summed E-state index contributed by atoms with van der Waals surface area (Å²) in [5.41, 5.74) is 1.14. The summed E-state index contributed by atoms with van der Waals surface area (Å²) in [6, 6.07) is 5.55. The van der Waals surface area contributed by atoms with Crippen LogP contribution in [0.4, 0.5) is 0 Å². The number of ether oxygens (including phenoxy) is 1. The first-order valence-electron chi connectivity index (χ1n) is 13.0. The molecule has 2 aromatic rings. The van der Waals surface area contributed by atoms with Gasteiger partial charge in [-0.05, 0) is 62.6 Å². The molecule has 1 saturated carbocycles. The normalized spacial score (nSPS) is 26.6. The summed E-state index contributed by atoms with van der Waals surface area (Å²) in [6.07, 6.45) is 2.17. The first-order chi connectivity index (χ1) is 17.8. The first-order valence-corrected chi connectivity index (χ1v) is 13.0. The second-order valence-corrected chi connectivity index (χ2v) is 10.5. The second kappa shape index (κ2) is 10.2. The Kier molecular flexibility index (Phi) is 6.94. The van der Waals surface area contributed by atoms with Crippen molar-refractivity contribution in [2.75, 3.05) is 20.2 Å². The molecule has 1 aromatic carbocycles. The van der Waals surface area contributed by atoms with Crippen LogP contribution in [0.5, 0.6) is 5.75 Å². The van der Waals surface area contributed by atoms with Gasteiger partial charge in [0, 0.05) is 29.9 Å². The minimum atomic E-state index is -1.28. The quantitative estimate of drug-likeness (QED) is 0.423. The van der Waals surface area contributed by atoms with E-state index in [9.17, 15) is 24.3 Å². The van der Waals surface area contributed by atoms with Crippen LogP contribution in [0.2, 0.25) is 0 Å². The second-order valence-electron chi connectivity index (χ2n) is 10.5. The molecule has 4 N–H and O–H groups in total. The van der Waals surface area contributed by atoms with Crippen molar-refractivity contribution >= 4 is 34.4 Å². The molecule has 10 nitrogen and oxygen atoms in total. The Bertz CT molecular complexity index is 1220. The van der Waals surface area contributed by atoms with Gasteiger partial charge in [-0.1, -0.05) is 12.5 Å². The zero-order valence-corrected chi connectivity index (χ0v) is 21.2. The molecule has 2 unspecified atom stereocenters. The van der Waals surface area contributed by atoms with Crippen molar-refractivity contribution in [3.05, 3.63) is 30.0 Å². The van der Waals surface area contributed by atoms with E-state index in [-0.39, 0.29) is 30.1 Å². The first kappa shape index (κ1) is 25.3. The van der Waals surface area contributed by atoms with Gasteiger partial charge in [-0.15, -0.1) is 0 Å². The lowest BCUT2D eigenvalue weighted by atomic mass is 9.91. The van der Waals surface area contributed by atoms with Crippen LogP contribution in [0.25, 0.3) is 10.9 Å². The van der Waals surface area contributed by atoms with Crippen LogP contribution < -0.4 is 15.4 Å². The zero-order valence-electron chi connectivity index (χ0n) is 21.2. The Hall–Kier alpha value is -3.40. The number of H-pyrrole nitrogens is 1. The van der Waals surface area contributed by atoms with E-state index in [1.807, 2.05) is 18.2 Å². The lowest BCUT2D eigenvalue weighted by Gasteiger charge is -2.29. The van der Waals surface area contributed by atoms with Gasteiger partial charge in [-0.25, -0.2) is 0 Å². The number of rotatable bonds is 8. The van der Waals surface area contributed by atoms with Crippen LogP contribution in [-0.4, -0.2) is 76.9 Å². The van der Waals surface area contributed by atoms with E-state index in [0.29, 0.717) is 31.0 Å². The number of carbonyl (C=O) groups is 4. The van der Waals surface area contributed by atoms with E-state index in [1.165, 1.54) is 6.92 Å². The molecule has 3 heterocycles. The number of ketones is 1. The van der Waals surface area contributed by atoms with E-state index in [0.717, 1.165) is 30.2 Å². The fraction of sp³-hybridized carbons (Fsp3) is 0.556. The molecule has 0 spiro atoms. The molecule has 10 heteroatoms. The third kappa shape index (κ3) is 4.70. The summed E-state index contributed by atoms with van der Waals surface area (Å²) in [7, 11) is 1.57. The van der Waals surface area contributed by atoms with Crippen molar-refractivity contribution in [2.24, 2.45) is 17.8 Å². The minimum Gasteiger partial charge on any atom is -0.496 e. The Labute approximate surface area is 215 Å². The van der Waals surface area contributed by atoms with Crippen molar-refractivity contribution in [3.8, 4) is 5.75 Å². The monoisotopic (exact) mass is 510 g/mol. The van der Waals surface area contributed by atoms with Gasteiger partial charge in [0.15, 0.2) is 5.78 Å². The maximum Gasteiger partial charge on any atom is 0.271 e. The number of nitrogens with zero attached hydrogens (tertiary/aromatic N) is 1. The highest BCUT2D eigenvalue weighted by Gasteiger charge is 2.50. The predicted molar refractivity (Wildman–Crippen MR) is 135 cm³/mol. The maximum absolute atomic E-state index is 13.7. The topological polar surface area (TPSA) is 141 Å². The van der Waals surface area contributed by atoms with Crippen LogP contribution in [0, 0.1) is 17.8 Å². The number of amides is 3. The highest BCUT2D eigenvalue weighted by Crippen LogP contribution is 2.43. The Morgan fingerprint density at radius 3 is 2.76 bits per heavy atom. The standard InChI is InChI=1S/C27H34N4O6/c1-14(32)24(33)20(11-15-9-10-28-25(15)34)30-26(35)23-17-6-3-5-16(17)13-31(23)27(36)21-12-18-19(29-21)7-4-8-22(18)37-2/h4,7-8,12,14-17,20,23,29,32H,3,5-6,9-11,13H2,1-2H3,(H,28,34)(H,30,35)/t14?,15-,16-,17-,20?,23-/m0/s1. The highest BCUT2D eigenvalue weighted by atomic mass is 16.5. The molecule has 1 aromatic heterocycles. The van der Waals surface area contributed by atoms with E-state index >= 15 is 0 Å². The largest absolute Gasteiger partial charge is 0.496 e. The van der Waals surface area contributed by atoms with Crippen molar-refractivity contribution in [1.29, 1.82) is 0 Å². The highest BCUT2D eigenvalue weighted by molar-refractivity contribution is 6.02. The number of likely N-dealkylation sites (tertiary alicyclic amines) is 1. The van der Waals surface area contributed by atoms with Crippen LogP contribution in [0.3, 0.4) is 0 Å². The molecule has 0 bridgehead atoms. The number of benzene rings is 1. The number of fused-ring (bicyclic) bond motifs is 2. The van der Waals surface area contributed by atoms with Gasteiger partial charge in [0.1, 0.15) is 23.6 Å². The Morgan fingerprint density at radius 2 is 2.05 bits per heavy atom. The van der Waals surface area contributed by atoms with Gasteiger partial charge >= 0.3 is 0 Å². The number of aromatic nitrogens is 1. The fourth-order valence-corrected chi connectivity index (χ4v) is 6.37. The third-order valence-electron chi connectivity index (χ3n) is 8.25.